The molecule has 1 saturated heterocycles. The summed E-state index contributed by atoms with van der Waals surface area (Å²) in [6, 6.07) is 18.4. The molecule has 2 atom stereocenters. The Kier molecular flexibility index (Phi) is 5.31. The summed E-state index contributed by atoms with van der Waals surface area (Å²) in [4.78, 5) is 15.1. The normalized spacial score (nSPS) is 19.7. The van der Waals surface area contributed by atoms with Crippen molar-refractivity contribution >= 4 is 5.91 Å². The van der Waals surface area contributed by atoms with E-state index >= 15 is 0 Å². The topological polar surface area (TPSA) is 32.3 Å². The van der Waals surface area contributed by atoms with E-state index in [1.54, 1.807) is 0 Å². The average molecular weight is 322 g/mol. The lowest BCUT2D eigenvalue weighted by Crippen LogP contribution is -2.42. The summed E-state index contributed by atoms with van der Waals surface area (Å²) in [5.74, 6) is 0.248. The van der Waals surface area contributed by atoms with Gasteiger partial charge in [0.1, 0.15) is 0 Å². The van der Waals surface area contributed by atoms with E-state index in [9.17, 15) is 4.79 Å². The molecule has 3 rings (SSSR count). The number of hydrogen-bond donors (Lipinski definition) is 1. The first-order chi connectivity index (χ1) is 11.6. The molecule has 24 heavy (non-hydrogen) atoms. The molecule has 0 aliphatic carbocycles. The van der Waals surface area contributed by atoms with Crippen LogP contribution < -0.4 is 5.32 Å². The van der Waals surface area contributed by atoms with Crippen molar-refractivity contribution in [2.24, 2.45) is 5.92 Å². The van der Waals surface area contributed by atoms with Crippen molar-refractivity contribution in [3.63, 3.8) is 0 Å². The number of carbonyl (C=O) groups is 1. The third kappa shape index (κ3) is 3.85. The van der Waals surface area contributed by atoms with Crippen LogP contribution in [-0.4, -0.2) is 30.9 Å². The van der Waals surface area contributed by atoms with E-state index in [0.29, 0.717) is 0 Å². The predicted octanol–water partition coefficient (Wildman–Crippen LogP) is 3.54. The summed E-state index contributed by atoms with van der Waals surface area (Å²) in [5.41, 5.74) is 3.50. The number of piperidine rings is 1. The smallest absolute Gasteiger partial charge is 0.225 e. The molecule has 2 aromatic carbocycles. The van der Waals surface area contributed by atoms with Gasteiger partial charge in [-0.2, -0.15) is 0 Å². The Hall–Kier alpha value is -2.13. The number of likely N-dealkylation sites (tertiary alicyclic amines) is 1. The molecular formula is C21H26N2O. The average Bonchev–Trinajstić information content (AvgIpc) is 2.61. The van der Waals surface area contributed by atoms with Crippen LogP contribution >= 0.6 is 0 Å². The van der Waals surface area contributed by atoms with Crippen LogP contribution in [0.3, 0.4) is 0 Å². The zero-order valence-electron chi connectivity index (χ0n) is 14.5. The van der Waals surface area contributed by atoms with Crippen molar-refractivity contribution in [1.29, 1.82) is 0 Å². The maximum atomic E-state index is 12.9. The van der Waals surface area contributed by atoms with Crippen LogP contribution in [0.1, 0.15) is 35.6 Å². The van der Waals surface area contributed by atoms with Crippen molar-refractivity contribution in [1.82, 2.24) is 10.2 Å². The summed E-state index contributed by atoms with van der Waals surface area (Å²) < 4.78 is 0. The Bertz CT molecular complexity index is 683. The van der Waals surface area contributed by atoms with E-state index in [1.165, 1.54) is 11.1 Å². The number of amides is 1. The highest BCUT2D eigenvalue weighted by Crippen LogP contribution is 2.26. The highest BCUT2D eigenvalue weighted by atomic mass is 16.2. The van der Waals surface area contributed by atoms with Gasteiger partial charge in [-0.1, -0.05) is 54.6 Å². The molecule has 126 valence electrons. The Labute approximate surface area is 144 Å². The third-order valence-corrected chi connectivity index (χ3v) is 4.91. The second kappa shape index (κ2) is 7.63. The monoisotopic (exact) mass is 322 g/mol. The number of nitrogens with zero attached hydrogens (tertiary/aromatic N) is 1. The zero-order valence-corrected chi connectivity index (χ0v) is 14.5. The van der Waals surface area contributed by atoms with E-state index in [-0.39, 0.29) is 17.9 Å². The predicted molar refractivity (Wildman–Crippen MR) is 97.8 cm³/mol. The fourth-order valence-corrected chi connectivity index (χ4v) is 3.54. The minimum absolute atomic E-state index is 0.0824. The molecule has 0 spiro atoms. The quantitative estimate of drug-likeness (QED) is 0.934. The Balaban J connectivity index is 1.85. The van der Waals surface area contributed by atoms with Gasteiger partial charge in [0.2, 0.25) is 5.91 Å². The van der Waals surface area contributed by atoms with Gasteiger partial charge < -0.3 is 10.2 Å². The van der Waals surface area contributed by atoms with Crippen LogP contribution in [0.15, 0.2) is 54.6 Å². The van der Waals surface area contributed by atoms with E-state index in [0.717, 1.165) is 31.5 Å². The van der Waals surface area contributed by atoms with Crippen molar-refractivity contribution < 1.29 is 4.79 Å². The van der Waals surface area contributed by atoms with Crippen LogP contribution in [0.25, 0.3) is 0 Å². The Morgan fingerprint density at radius 3 is 2.54 bits per heavy atom. The van der Waals surface area contributed by atoms with Gasteiger partial charge in [-0.15, -0.1) is 0 Å². The van der Waals surface area contributed by atoms with Gasteiger partial charge in [-0.3, -0.25) is 4.79 Å². The molecule has 0 aromatic heterocycles. The van der Waals surface area contributed by atoms with Crippen LogP contribution in [0.2, 0.25) is 0 Å². The number of nitrogens with one attached hydrogen (secondary N) is 1. The van der Waals surface area contributed by atoms with Gasteiger partial charge in [-0.05, 0) is 50.0 Å². The maximum absolute atomic E-state index is 12.9. The van der Waals surface area contributed by atoms with Gasteiger partial charge >= 0.3 is 0 Å². The summed E-state index contributed by atoms with van der Waals surface area (Å²) in [5, 5.41) is 3.32. The lowest BCUT2D eigenvalue weighted by Gasteiger charge is -2.30. The van der Waals surface area contributed by atoms with Crippen LogP contribution in [-0.2, 0) is 4.79 Å². The van der Waals surface area contributed by atoms with Crippen LogP contribution in [0.5, 0.6) is 0 Å². The van der Waals surface area contributed by atoms with E-state index in [4.69, 9.17) is 0 Å². The zero-order chi connectivity index (χ0) is 16.9. The summed E-state index contributed by atoms with van der Waals surface area (Å²) in [6.07, 6.45) is 2.07. The van der Waals surface area contributed by atoms with Gasteiger partial charge in [0.25, 0.3) is 0 Å². The molecule has 1 aliphatic rings. The summed E-state index contributed by atoms with van der Waals surface area (Å²) >= 11 is 0. The van der Waals surface area contributed by atoms with E-state index < -0.39 is 0 Å². The van der Waals surface area contributed by atoms with E-state index in [2.05, 4.69) is 48.5 Å². The van der Waals surface area contributed by atoms with Crippen molar-refractivity contribution in [3.8, 4) is 0 Å². The van der Waals surface area contributed by atoms with E-state index in [1.807, 2.05) is 30.3 Å². The largest absolute Gasteiger partial charge is 0.345 e. The second-order valence-electron chi connectivity index (χ2n) is 6.81. The molecule has 3 nitrogen and oxygen atoms in total. The lowest BCUT2D eigenvalue weighted by atomic mass is 9.92. The minimum Gasteiger partial charge on any atom is -0.345 e. The molecule has 0 unspecified atom stereocenters. The van der Waals surface area contributed by atoms with Gasteiger partial charge in [-0.25, -0.2) is 0 Å². The van der Waals surface area contributed by atoms with Crippen molar-refractivity contribution in [3.05, 3.63) is 71.3 Å². The van der Waals surface area contributed by atoms with Crippen LogP contribution in [0.4, 0.5) is 0 Å². The summed E-state index contributed by atoms with van der Waals surface area (Å²) in [6.45, 7) is 4.04. The highest BCUT2D eigenvalue weighted by Gasteiger charge is 2.27. The number of rotatable bonds is 4. The molecule has 0 bridgehead atoms. The number of hydrogen-bond acceptors (Lipinski definition) is 2. The molecule has 0 saturated carbocycles. The molecule has 1 amide bonds. The fourth-order valence-electron chi connectivity index (χ4n) is 3.54. The minimum atomic E-state index is -0.0906. The Morgan fingerprint density at radius 2 is 1.83 bits per heavy atom. The lowest BCUT2D eigenvalue weighted by molar-refractivity contribution is -0.127. The van der Waals surface area contributed by atoms with Crippen molar-refractivity contribution in [2.45, 2.75) is 25.8 Å². The molecule has 0 radical (unpaired) electrons. The van der Waals surface area contributed by atoms with Gasteiger partial charge in [0.05, 0.1) is 12.0 Å². The fraction of sp³-hybridized carbons (Fsp3) is 0.381. The Morgan fingerprint density at radius 1 is 1.12 bits per heavy atom. The number of carbonyl (C=O) groups excluding carboxylic acids is 1. The molecule has 2 aromatic rings. The summed E-state index contributed by atoms with van der Waals surface area (Å²) in [7, 11) is 2.09. The van der Waals surface area contributed by atoms with Crippen molar-refractivity contribution in [2.75, 3.05) is 20.1 Å². The molecule has 3 heteroatoms. The first-order valence-electron chi connectivity index (χ1n) is 8.74. The highest BCUT2D eigenvalue weighted by molar-refractivity contribution is 5.80. The molecule has 1 N–H and O–H groups in total. The molecule has 1 fully saturated rings. The second-order valence-corrected chi connectivity index (χ2v) is 6.81. The SMILES string of the molecule is Cc1ccccc1[C@H](NC(=O)[C@@H]1CCCN(C)C1)c1ccccc1. The van der Waals surface area contributed by atoms with Crippen LogP contribution in [0, 0.1) is 12.8 Å². The molecule has 1 heterocycles. The van der Waals surface area contributed by atoms with Gasteiger partial charge in [0.15, 0.2) is 0 Å². The number of aryl methyl sites for hydroxylation is 1. The molecular weight excluding hydrogens is 296 g/mol. The first-order valence-corrected chi connectivity index (χ1v) is 8.74. The van der Waals surface area contributed by atoms with Gasteiger partial charge in [0, 0.05) is 6.54 Å². The molecule has 1 aliphatic heterocycles. The number of benzene rings is 2. The third-order valence-electron chi connectivity index (χ3n) is 4.91. The standard InChI is InChI=1S/C21H26N2O/c1-16-9-6-7-13-19(16)20(17-10-4-3-5-11-17)22-21(24)18-12-8-14-23(2)15-18/h3-7,9-11,13,18,20H,8,12,14-15H2,1-2H3,(H,22,24)/t18-,20-/m1/s1. The first kappa shape index (κ1) is 16.7. The maximum Gasteiger partial charge on any atom is 0.225 e.